The van der Waals surface area contributed by atoms with Crippen molar-refractivity contribution in [3.8, 4) is 0 Å². The lowest BCUT2D eigenvalue weighted by atomic mass is 9.77. The van der Waals surface area contributed by atoms with E-state index in [2.05, 4.69) is 25.7 Å². The highest BCUT2D eigenvalue weighted by Gasteiger charge is 2.36. The normalized spacial score (nSPS) is 33.6. The standard InChI is InChI=1S/C17H31NO2/c1-16(2,3)15-6-4-9-18(10-7-15)12-17(13-19)8-5-11-20-14-17/h13,15H,4-12,14H2,1-3H3. The molecular formula is C17H31NO2. The van der Waals surface area contributed by atoms with E-state index in [4.69, 9.17) is 4.74 Å². The van der Waals surface area contributed by atoms with Gasteiger partial charge in [-0.15, -0.1) is 0 Å². The summed E-state index contributed by atoms with van der Waals surface area (Å²) < 4.78 is 5.57. The second-order valence-corrected chi connectivity index (χ2v) is 7.91. The second kappa shape index (κ2) is 6.57. The number of rotatable bonds is 3. The van der Waals surface area contributed by atoms with E-state index < -0.39 is 0 Å². The van der Waals surface area contributed by atoms with Crippen LogP contribution in [0.5, 0.6) is 0 Å². The van der Waals surface area contributed by atoms with Crippen LogP contribution in [0.1, 0.15) is 52.9 Å². The number of carbonyl (C=O) groups excluding carboxylic acids is 1. The van der Waals surface area contributed by atoms with Crippen molar-refractivity contribution >= 4 is 6.29 Å². The minimum atomic E-state index is -0.236. The number of carbonyl (C=O) groups is 1. The molecule has 0 amide bonds. The third-order valence-electron chi connectivity index (χ3n) is 5.19. The lowest BCUT2D eigenvalue weighted by Gasteiger charge is -2.36. The van der Waals surface area contributed by atoms with Gasteiger partial charge in [0, 0.05) is 13.2 Å². The van der Waals surface area contributed by atoms with Crippen LogP contribution in [0.4, 0.5) is 0 Å². The topological polar surface area (TPSA) is 29.5 Å². The van der Waals surface area contributed by atoms with Gasteiger partial charge in [0.1, 0.15) is 6.29 Å². The van der Waals surface area contributed by atoms with Crippen LogP contribution in [0.25, 0.3) is 0 Å². The van der Waals surface area contributed by atoms with Crippen LogP contribution in [0.3, 0.4) is 0 Å². The average Bonchev–Trinajstić information content (AvgIpc) is 2.65. The molecule has 2 rings (SSSR count). The summed E-state index contributed by atoms with van der Waals surface area (Å²) in [6.07, 6.45) is 7.03. The molecule has 2 saturated heterocycles. The summed E-state index contributed by atoms with van der Waals surface area (Å²) in [6, 6.07) is 0. The Morgan fingerprint density at radius 2 is 2.05 bits per heavy atom. The minimum Gasteiger partial charge on any atom is -0.380 e. The van der Waals surface area contributed by atoms with Crippen LogP contribution in [0.2, 0.25) is 0 Å². The molecule has 2 atom stereocenters. The average molecular weight is 281 g/mol. The summed E-state index contributed by atoms with van der Waals surface area (Å²) >= 11 is 0. The molecule has 2 aliphatic heterocycles. The van der Waals surface area contributed by atoms with Gasteiger partial charge in [-0.3, -0.25) is 0 Å². The van der Waals surface area contributed by atoms with Crippen molar-refractivity contribution in [1.29, 1.82) is 0 Å². The summed E-state index contributed by atoms with van der Waals surface area (Å²) in [7, 11) is 0. The Morgan fingerprint density at radius 1 is 1.25 bits per heavy atom. The van der Waals surface area contributed by atoms with Gasteiger partial charge in [-0.05, 0) is 56.5 Å². The molecule has 0 aromatic heterocycles. The molecule has 116 valence electrons. The molecule has 20 heavy (non-hydrogen) atoms. The Labute approximate surface area is 124 Å². The third kappa shape index (κ3) is 4.05. The van der Waals surface area contributed by atoms with Crippen molar-refractivity contribution < 1.29 is 9.53 Å². The molecule has 0 aromatic rings. The molecule has 2 aliphatic rings. The zero-order valence-corrected chi connectivity index (χ0v) is 13.5. The summed E-state index contributed by atoms with van der Waals surface area (Å²) in [5.41, 5.74) is 0.173. The molecule has 3 heteroatoms. The first kappa shape index (κ1) is 16.0. The van der Waals surface area contributed by atoms with Crippen molar-refractivity contribution in [2.45, 2.75) is 52.9 Å². The maximum atomic E-state index is 11.6. The smallest absolute Gasteiger partial charge is 0.129 e. The van der Waals surface area contributed by atoms with E-state index >= 15 is 0 Å². The number of likely N-dealkylation sites (tertiary alicyclic amines) is 1. The Bertz CT molecular complexity index is 315. The maximum absolute atomic E-state index is 11.6. The Balaban J connectivity index is 1.91. The second-order valence-electron chi connectivity index (χ2n) is 7.91. The molecule has 0 spiro atoms. The van der Waals surface area contributed by atoms with Crippen LogP contribution < -0.4 is 0 Å². The summed E-state index contributed by atoms with van der Waals surface area (Å²) in [4.78, 5) is 14.1. The van der Waals surface area contributed by atoms with Crippen LogP contribution in [0.15, 0.2) is 0 Å². The largest absolute Gasteiger partial charge is 0.380 e. The predicted molar refractivity (Wildman–Crippen MR) is 81.8 cm³/mol. The third-order valence-corrected chi connectivity index (χ3v) is 5.19. The van der Waals surface area contributed by atoms with Gasteiger partial charge in [-0.2, -0.15) is 0 Å². The number of nitrogens with zero attached hydrogens (tertiary/aromatic N) is 1. The highest BCUT2D eigenvalue weighted by molar-refractivity contribution is 5.60. The zero-order valence-electron chi connectivity index (χ0n) is 13.5. The molecule has 3 nitrogen and oxygen atoms in total. The van der Waals surface area contributed by atoms with Crippen molar-refractivity contribution in [2.75, 3.05) is 32.8 Å². The van der Waals surface area contributed by atoms with Gasteiger partial charge in [0.25, 0.3) is 0 Å². The van der Waals surface area contributed by atoms with Crippen molar-refractivity contribution in [1.82, 2.24) is 4.90 Å². The van der Waals surface area contributed by atoms with Gasteiger partial charge in [-0.1, -0.05) is 20.8 Å². The van der Waals surface area contributed by atoms with Gasteiger partial charge in [0.05, 0.1) is 12.0 Å². The van der Waals surface area contributed by atoms with Crippen LogP contribution in [0, 0.1) is 16.7 Å². The quantitative estimate of drug-likeness (QED) is 0.744. The van der Waals surface area contributed by atoms with Gasteiger partial charge in [0.15, 0.2) is 0 Å². The monoisotopic (exact) mass is 281 g/mol. The number of ether oxygens (including phenoxy) is 1. The first-order valence-electron chi connectivity index (χ1n) is 8.22. The summed E-state index contributed by atoms with van der Waals surface area (Å²) in [5, 5.41) is 0. The molecule has 2 unspecified atom stereocenters. The fourth-order valence-electron chi connectivity index (χ4n) is 3.75. The Hall–Kier alpha value is -0.410. The molecule has 0 radical (unpaired) electrons. The molecule has 2 fully saturated rings. The van der Waals surface area contributed by atoms with Gasteiger partial charge in [-0.25, -0.2) is 0 Å². The summed E-state index contributed by atoms with van der Waals surface area (Å²) in [5.74, 6) is 0.808. The molecule has 0 bridgehead atoms. The van der Waals surface area contributed by atoms with Gasteiger partial charge in [0.2, 0.25) is 0 Å². The molecule has 0 N–H and O–H groups in total. The predicted octanol–water partition coefficient (Wildman–Crippen LogP) is 3.13. The molecule has 0 aromatic carbocycles. The fourth-order valence-corrected chi connectivity index (χ4v) is 3.75. The fraction of sp³-hybridized carbons (Fsp3) is 0.941. The van der Waals surface area contributed by atoms with E-state index in [9.17, 15) is 4.79 Å². The van der Waals surface area contributed by atoms with Crippen molar-refractivity contribution in [2.24, 2.45) is 16.7 Å². The highest BCUT2D eigenvalue weighted by Crippen LogP contribution is 2.35. The first-order chi connectivity index (χ1) is 9.45. The van der Waals surface area contributed by atoms with E-state index in [0.717, 1.165) is 51.3 Å². The number of hydrogen-bond donors (Lipinski definition) is 0. The first-order valence-corrected chi connectivity index (χ1v) is 8.22. The minimum absolute atomic E-state index is 0.236. The Morgan fingerprint density at radius 3 is 2.65 bits per heavy atom. The molecular weight excluding hydrogens is 250 g/mol. The SMILES string of the molecule is CC(C)(C)C1CCCN(CC2(C=O)CCCOC2)CC1. The Kier molecular flexibility index (Phi) is 5.25. The van der Waals surface area contributed by atoms with E-state index in [-0.39, 0.29) is 5.41 Å². The molecule has 0 saturated carbocycles. The lowest BCUT2D eigenvalue weighted by Crippen LogP contribution is -2.44. The van der Waals surface area contributed by atoms with E-state index in [0.29, 0.717) is 12.0 Å². The van der Waals surface area contributed by atoms with E-state index in [1.54, 1.807) is 0 Å². The van der Waals surface area contributed by atoms with Gasteiger partial charge >= 0.3 is 0 Å². The van der Waals surface area contributed by atoms with Crippen LogP contribution in [-0.2, 0) is 9.53 Å². The van der Waals surface area contributed by atoms with E-state index in [1.165, 1.54) is 19.3 Å². The number of aldehydes is 1. The summed E-state index contributed by atoms with van der Waals surface area (Å²) in [6.45, 7) is 11.7. The number of hydrogen-bond acceptors (Lipinski definition) is 3. The lowest BCUT2D eigenvalue weighted by molar-refractivity contribution is -0.125. The van der Waals surface area contributed by atoms with Crippen LogP contribution in [-0.4, -0.2) is 44.0 Å². The molecule has 0 aliphatic carbocycles. The highest BCUT2D eigenvalue weighted by atomic mass is 16.5. The van der Waals surface area contributed by atoms with Crippen molar-refractivity contribution in [3.63, 3.8) is 0 Å². The maximum Gasteiger partial charge on any atom is 0.129 e. The van der Waals surface area contributed by atoms with Crippen LogP contribution >= 0.6 is 0 Å². The molecule has 2 heterocycles. The zero-order chi connectivity index (χ0) is 14.6. The van der Waals surface area contributed by atoms with E-state index in [1.807, 2.05) is 0 Å². The van der Waals surface area contributed by atoms with Gasteiger partial charge < -0.3 is 14.4 Å². The van der Waals surface area contributed by atoms with Crippen molar-refractivity contribution in [3.05, 3.63) is 0 Å².